The summed E-state index contributed by atoms with van der Waals surface area (Å²) in [4.78, 5) is 11.6. The zero-order chi connectivity index (χ0) is 12.8. The maximum absolute atomic E-state index is 11.6. The Morgan fingerprint density at radius 3 is 2.12 bits per heavy atom. The van der Waals surface area contributed by atoms with Gasteiger partial charge in [-0.15, -0.1) is 0 Å². The molecular formula is C14H29NO. The van der Waals surface area contributed by atoms with Crippen LogP contribution in [0.5, 0.6) is 0 Å². The predicted molar refractivity (Wildman–Crippen MR) is 70.4 cm³/mol. The minimum absolute atomic E-state index is 0.204. The normalized spacial score (nSPS) is 13.9. The lowest BCUT2D eigenvalue weighted by Gasteiger charge is -2.19. The number of amides is 1. The van der Waals surface area contributed by atoms with Gasteiger partial charge in [0.25, 0.3) is 0 Å². The van der Waals surface area contributed by atoms with Crippen molar-refractivity contribution in [3.8, 4) is 0 Å². The molecule has 2 heteroatoms. The van der Waals surface area contributed by atoms with Gasteiger partial charge in [0.2, 0.25) is 5.91 Å². The number of carbonyl (C=O) groups excluding carboxylic acids is 1. The lowest BCUT2D eigenvalue weighted by molar-refractivity contribution is -0.122. The van der Waals surface area contributed by atoms with E-state index in [1.165, 1.54) is 6.42 Å². The van der Waals surface area contributed by atoms with Crippen molar-refractivity contribution < 1.29 is 4.79 Å². The maximum Gasteiger partial charge on any atom is 0.220 e. The van der Waals surface area contributed by atoms with E-state index in [9.17, 15) is 4.79 Å². The Labute approximate surface area is 101 Å². The average molecular weight is 227 g/mol. The summed E-state index contributed by atoms with van der Waals surface area (Å²) in [5.41, 5.74) is 0.391. The molecule has 0 fully saturated rings. The number of hydrogen-bond donors (Lipinski definition) is 1. The summed E-state index contributed by atoms with van der Waals surface area (Å²) in [6.45, 7) is 13.1. The molecule has 0 radical (unpaired) electrons. The van der Waals surface area contributed by atoms with Crippen LogP contribution in [0.3, 0.4) is 0 Å². The van der Waals surface area contributed by atoms with E-state index in [1.807, 2.05) is 0 Å². The Kier molecular flexibility index (Phi) is 6.70. The van der Waals surface area contributed by atoms with E-state index >= 15 is 0 Å². The highest BCUT2D eigenvalue weighted by Gasteiger charge is 2.12. The molecule has 2 nitrogen and oxygen atoms in total. The Bertz CT molecular complexity index is 203. The summed E-state index contributed by atoms with van der Waals surface area (Å²) in [5, 5.41) is 3.04. The smallest absolute Gasteiger partial charge is 0.220 e. The fourth-order valence-corrected chi connectivity index (χ4v) is 1.43. The lowest BCUT2D eigenvalue weighted by atomic mass is 9.89. The van der Waals surface area contributed by atoms with E-state index < -0.39 is 0 Å². The minimum atomic E-state index is 0.204. The van der Waals surface area contributed by atoms with Crippen molar-refractivity contribution in [2.45, 2.75) is 73.3 Å². The van der Waals surface area contributed by atoms with E-state index in [4.69, 9.17) is 0 Å². The molecule has 0 bridgehead atoms. The van der Waals surface area contributed by atoms with Gasteiger partial charge in [0.1, 0.15) is 0 Å². The number of rotatable bonds is 6. The largest absolute Gasteiger partial charge is 0.353 e. The van der Waals surface area contributed by atoms with Crippen molar-refractivity contribution >= 4 is 5.91 Å². The molecule has 0 aromatic heterocycles. The maximum atomic E-state index is 11.6. The molecule has 0 aromatic carbocycles. The van der Waals surface area contributed by atoms with Crippen LogP contribution in [0.15, 0.2) is 0 Å². The quantitative estimate of drug-likeness (QED) is 0.688. The predicted octanol–water partition coefficient (Wildman–Crippen LogP) is 3.75. The second-order valence-corrected chi connectivity index (χ2v) is 6.37. The highest BCUT2D eigenvalue weighted by atomic mass is 16.1. The van der Waals surface area contributed by atoms with Crippen molar-refractivity contribution in [1.82, 2.24) is 5.32 Å². The molecule has 1 atom stereocenters. The molecule has 0 unspecified atom stereocenters. The Balaban J connectivity index is 3.59. The van der Waals surface area contributed by atoms with Gasteiger partial charge < -0.3 is 5.32 Å². The summed E-state index contributed by atoms with van der Waals surface area (Å²) < 4.78 is 0. The number of carbonyl (C=O) groups is 1. The lowest BCUT2D eigenvalue weighted by Crippen LogP contribution is -2.35. The van der Waals surface area contributed by atoms with Crippen LogP contribution in [0, 0.1) is 11.3 Å². The molecule has 0 aliphatic rings. The first kappa shape index (κ1) is 15.5. The third-order valence-electron chi connectivity index (χ3n) is 2.97. The molecule has 0 saturated heterocycles. The highest BCUT2D eigenvalue weighted by Crippen LogP contribution is 2.21. The number of nitrogens with one attached hydrogen (secondary N) is 1. The van der Waals surface area contributed by atoms with Crippen LogP contribution in [0.4, 0.5) is 0 Å². The van der Waals surface area contributed by atoms with Gasteiger partial charge in [0.05, 0.1) is 0 Å². The molecular weight excluding hydrogens is 198 g/mol. The monoisotopic (exact) mass is 227 g/mol. The molecule has 1 N–H and O–H groups in total. The SMILES string of the molecule is CC(C)[C@H](C)NC(=O)CCCCC(C)(C)C. The second-order valence-electron chi connectivity index (χ2n) is 6.37. The molecule has 0 aliphatic heterocycles. The van der Waals surface area contributed by atoms with Gasteiger partial charge in [0.15, 0.2) is 0 Å². The van der Waals surface area contributed by atoms with E-state index in [1.54, 1.807) is 0 Å². The summed E-state index contributed by atoms with van der Waals surface area (Å²) in [5.74, 6) is 0.716. The van der Waals surface area contributed by atoms with Gasteiger partial charge in [-0.2, -0.15) is 0 Å². The van der Waals surface area contributed by atoms with Gasteiger partial charge in [0, 0.05) is 12.5 Å². The van der Waals surface area contributed by atoms with Gasteiger partial charge >= 0.3 is 0 Å². The first-order chi connectivity index (χ1) is 7.22. The summed E-state index contributed by atoms with van der Waals surface area (Å²) >= 11 is 0. The van der Waals surface area contributed by atoms with E-state index in [-0.39, 0.29) is 11.9 Å². The van der Waals surface area contributed by atoms with Crippen molar-refractivity contribution in [3.63, 3.8) is 0 Å². The molecule has 1 amide bonds. The third-order valence-corrected chi connectivity index (χ3v) is 2.97. The molecule has 0 spiro atoms. The average Bonchev–Trinajstić information content (AvgIpc) is 2.10. The molecule has 0 heterocycles. The van der Waals surface area contributed by atoms with Crippen LogP contribution in [-0.2, 0) is 4.79 Å². The highest BCUT2D eigenvalue weighted by molar-refractivity contribution is 5.76. The molecule has 0 aliphatic carbocycles. The van der Waals surface area contributed by atoms with Crippen molar-refractivity contribution in [3.05, 3.63) is 0 Å². The van der Waals surface area contributed by atoms with E-state index in [2.05, 4.69) is 46.9 Å². The topological polar surface area (TPSA) is 29.1 Å². The zero-order valence-electron chi connectivity index (χ0n) is 11.9. The van der Waals surface area contributed by atoms with Gasteiger partial charge in [-0.1, -0.05) is 41.0 Å². The molecule has 0 aromatic rings. The van der Waals surface area contributed by atoms with Crippen molar-refractivity contribution in [2.75, 3.05) is 0 Å². The van der Waals surface area contributed by atoms with Gasteiger partial charge in [-0.05, 0) is 31.1 Å². The molecule has 16 heavy (non-hydrogen) atoms. The summed E-state index contributed by atoms with van der Waals surface area (Å²) in [6, 6.07) is 0.287. The van der Waals surface area contributed by atoms with Crippen LogP contribution in [0.25, 0.3) is 0 Å². The van der Waals surface area contributed by atoms with Crippen LogP contribution in [-0.4, -0.2) is 11.9 Å². The molecule has 96 valence electrons. The van der Waals surface area contributed by atoms with E-state index in [0.717, 1.165) is 12.8 Å². The van der Waals surface area contributed by atoms with Crippen molar-refractivity contribution in [2.24, 2.45) is 11.3 Å². The first-order valence-corrected chi connectivity index (χ1v) is 6.52. The third kappa shape index (κ3) is 8.75. The van der Waals surface area contributed by atoms with Crippen LogP contribution >= 0.6 is 0 Å². The summed E-state index contributed by atoms with van der Waals surface area (Å²) in [6.07, 6.45) is 4.02. The standard InChI is InChI=1S/C14H29NO/c1-11(2)12(3)15-13(16)9-7-8-10-14(4,5)6/h11-12H,7-10H2,1-6H3,(H,15,16)/t12-/m0/s1. The first-order valence-electron chi connectivity index (χ1n) is 6.52. The Morgan fingerprint density at radius 2 is 1.69 bits per heavy atom. The van der Waals surface area contributed by atoms with E-state index in [0.29, 0.717) is 17.8 Å². The summed E-state index contributed by atoms with van der Waals surface area (Å²) in [7, 11) is 0. The Hall–Kier alpha value is -0.530. The number of hydrogen-bond acceptors (Lipinski definition) is 1. The zero-order valence-corrected chi connectivity index (χ0v) is 11.9. The van der Waals surface area contributed by atoms with Crippen LogP contribution < -0.4 is 5.32 Å². The van der Waals surface area contributed by atoms with Crippen LogP contribution in [0.1, 0.15) is 67.2 Å². The van der Waals surface area contributed by atoms with Crippen LogP contribution in [0.2, 0.25) is 0 Å². The second kappa shape index (κ2) is 6.93. The van der Waals surface area contributed by atoms with Crippen molar-refractivity contribution in [1.29, 1.82) is 0 Å². The number of unbranched alkanes of at least 4 members (excludes halogenated alkanes) is 1. The fraction of sp³-hybridized carbons (Fsp3) is 0.929. The molecule has 0 saturated carbocycles. The fourth-order valence-electron chi connectivity index (χ4n) is 1.43. The molecule has 0 rings (SSSR count). The Morgan fingerprint density at radius 1 is 1.12 bits per heavy atom. The van der Waals surface area contributed by atoms with Gasteiger partial charge in [-0.3, -0.25) is 4.79 Å². The van der Waals surface area contributed by atoms with Gasteiger partial charge in [-0.25, -0.2) is 0 Å². The minimum Gasteiger partial charge on any atom is -0.353 e.